The van der Waals surface area contributed by atoms with Crippen molar-refractivity contribution in [2.45, 2.75) is 59.0 Å². The first-order chi connectivity index (χ1) is 13.0. The Kier molecular flexibility index (Phi) is 6.32. The highest BCUT2D eigenvalue weighted by molar-refractivity contribution is 7.10. The van der Waals surface area contributed by atoms with Gasteiger partial charge in [-0.3, -0.25) is 9.59 Å². The number of aryl methyl sites for hydroxylation is 2. The maximum atomic E-state index is 13.0. The van der Waals surface area contributed by atoms with Gasteiger partial charge in [0.1, 0.15) is 6.04 Å². The van der Waals surface area contributed by atoms with E-state index in [0.29, 0.717) is 19.4 Å². The molecule has 0 aliphatic carbocycles. The van der Waals surface area contributed by atoms with Crippen LogP contribution in [-0.4, -0.2) is 29.3 Å². The molecule has 0 radical (unpaired) electrons. The maximum Gasteiger partial charge on any atom is 0.245 e. The molecule has 4 nitrogen and oxygen atoms in total. The van der Waals surface area contributed by atoms with Crippen LogP contribution in [0.1, 0.15) is 46.9 Å². The normalized spacial score (nSPS) is 14.6. The monoisotopic (exact) mass is 384 g/mol. The molecule has 1 aromatic heterocycles. The van der Waals surface area contributed by atoms with E-state index in [0.717, 1.165) is 36.1 Å². The van der Waals surface area contributed by atoms with Gasteiger partial charge in [-0.05, 0) is 54.8 Å². The Balaban J connectivity index is 1.65. The molecule has 2 heterocycles. The third kappa shape index (κ3) is 4.78. The van der Waals surface area contributed by atoms with Crippen LogP contribution in [0.15, 0.2) is 29.6 Å². The average Bonchev–Trinajstić information content (AvgIpc) is 3.11. The molecule has 1 atom stereocenters. The molecule has 1 aromatic carbocycles. The molecule has 1 aliphatic heterocycles. The fourth-order valence-electron chi connectivity index (χ4n) is 3.61. The highest BCUT2D eigenvalue weighted by Crippen LogP contribution is 2.24. The number of carbonyl (C=O) groups excluding carboxylic acids is 2. The van der Waals surface area contributed by atoms with E-state index in [-0.39, 0.29) is 11.8 Å². The number of carbonyl (C=O) groups is 2. The Labute approximate surface area is 165 Å². The second kappa shape index (κ2) is 8.70. The highest BCUT2D eigenvalue weighted by atomic mass is 32.1. The number of rotatable bonds is 6. The Morgan fingerprint density at radius 3 is 2.85 bits per heavy atom. The van der Waals surface area contributed by atoms with Crippen molar-refractivity contribution in [1.82, 2.24) is 10.2 Å². The standard InChI is InChI=1S/C22H28N2O2S/c1-4-5-19(22(26)24-10-8-20-17(14-24)9-11-27-20)23-21(25)13-18-12-15(2)6-7-16(18)3/h6-7,9,11-12,19H,4-5,8,10,13-14H2,1-3H3,(H,23,25). The summed E-state index contributed by atoms with van der Waals surface area (Å²) in [6.07, 6.45) is 2.76. The van der Waals surface area contributed by atoms with E-state index in [1.807, 2.05) is 37.8 Å². The van der Waals surface area contributed by atoms with Crippen LogP contribution in [0.25, 0.3) is 0 Å². The molecule has 27 heavy (non-hydrogen) atoms. The Hall–Kier alpha value is -2.14. The van der Waals surface area contributed by atoms with Gasteiger partial charge in [-0.25, -0.2) is 0 Å². The van der Waals surface area contributed by atoms with Crippen molar-refractivity contribution in [3.63, 3.8) is 0 Å². The number of benzene rings is 1. The number of nitrogens with one attached hydrogen (secondary N) is 1. The first kappa shape index (κ1) is 19.6. The highest BCUT2D eigenvalue weighted by Gasteiger charge is 2.28. The van der Waals surface area contributed by atoms with E-state index in [9.17, 15) is 9.59 Å². The lowest BCUT2D eigenvalue weighted by molar-refractivity contribution is -0.137. The van der Waals surface area contributed by atoms with Crippen LogP contribution in [0.2, 0.25) is 0 Å². The third-order valence-electron chi connectivity index (χ3n) is 5.19. The molecule has 2 amide bonds. The zero-order valence-electron chi connectivity index (χ0n) is 16.4. The van der Waals surface area contributed by atoms with Crippen molar-refractivity contribution in [1.29, 1.82) is 0 Å². The van der Waals surface area contributed by atoms with Crippen molar-refractivity contribution < 1.29 is 9.59 Å². The molecule has 0 bridgehead atoms. The predicted molar refractivity (Wildman–Crippen MR) is 110 cm³/mol. The third-order valence-corrected chi connectivity index (χ3v) is 6.21. The summed E-state index contributed by atoms with van der Waals surface area (Å²) in [7, 11) is 0. The summed E-state index contributed by atoms with van der Waals surface area (Å²) in [5.41, 5.74) is 4.52. The summed E-state index contributed by atoms with van der Waals surface area (Å²) in [6.45, 7) is 7.48. The van der Waals surface area contributed by atoms with Gasteiger partial charge in [-0.15, -0.1) is 11.3 Å². The van der Waals surface area contributed by atoms with Crippen LogP contribution in [0.3, 0.4) is 0 Å². The summed E-state index contributed by atoms with van der Waals surface area (Å²) in [5.74, 6) is -0.0354. The number of fused-ring (bicyclic) bond motifs is 1. The molecule has 1 unspecified atom stereocenters. The molecular weight excluding hydrogens is 356 g/mol. The van der Waals surface area contributed by atoms with E-state index in [1.165, 1.54) is 10.4 Å². The summed E-state index contributed by atoms with van der Waals surface area (Å²) >= 11 is 1.76. The van der Waals surface area contributed by atoms with E-state index in [2.05, 4.69) is 22.8 Å². The second-order valence-electron chi connectivity index (χ2n) is 7.39. The molecule has 0 spiro atoms. The summed E-state index contributed by atoms with van der Waals surface area (Å²) in [6, 6.07) is 7.81. The molecular formula is C22H28N2O2S. The van der Waals surface area contributed by atoms with E-state index in [1.54, 1.807) is 11.3 Å². The number of hydrogen-bond acceptors (Lipinski definition) is 3. The molecule has 1 aliphatic rings. The largest absolute Gasteiger partial charge is 0.344 e. The fraction of sp³-hybridized carbons (Fsp3) is 0.455. The van der Waals surface area contributed by atoms with Crippen molar-refractivity contribution in [3.8, 4) is 0 Å². The van der Waals surface area contributed by atoms with Crippen LogP contribution in [0, 0.1) is 13.8 Å². The van der Waals surface area contributed by atoms with Gasteiger partial charge in [0.15, 0.2) is 0 Å². The van der Waals surface area contributed by atoms with Crippen LogP contribution in [0.4, 0.5) is 0 Å². The summed E-state index contributed by atoms with van der Waals surface area (Å²) in [5, 5.41) is 5.09. The maximum absolute atomic E-state index is 13.0. The molecule has 2 aromatic rings. The van der Waals surface area contributed by atoms with E-state index < -0.39 is 6.04 Å². The Bertz CT molecular complexity index is 827. The van der Waals surface area contributed by atoms with Gasteiger partial charge >= 0.3 is 0 Å². The molecule has 1 N–H and O–H groups in total. The van der Waals surface area contributed by atoms with Gasteiger partial charge in [0, 0.05) is 18.0 Å². The zero-order valence-corrected chi connectivity index (χ0v) is 17.2. The zero-order chi connectivity index (χ0) is 19.4. The molecule has 5 heteroatoms. The summed E-state index contributed by atoms with van der Waals surface area (Å²) < 4.78 is 0. The van der Waals surface area contributed by atoms with Crippen LogP contribution >= 0.6 is 11.3 Å². The van der Waals surface area contributed by atoms with E-state index >= 15 is 0 Å². The van der Waals surface area contributed by atoms with Crippen LogP contribution in [0.5, 0.6) is 0 Å². The number of thiophene rings is 1. The van der Waals surface area contributed by atoms with Crippen LogP contribution < -0.4 is 5.32 Å². The van der Waals surface area contributed by atoms with Gasteiger partial charge < -0.3 is 10.2 Å². The molecule has 0 fully saturated rings. The lowest BCUT2D eigenvalue weighted by Crippen LogP contribution is -2.50. The smallest absolute Gasteiger partial charge is 0.245 e. The predicted octanol–water partition coefficient (Wildman–Crippen LogP) is 3.78. The van der Waals surface area contributed by atoms with Crippen molar-refractivity contribution in [3.05, 3.63) is 56.8 Å². The average molecular weight is 385 g/mol. The summed E-state index contributed by atoms with van der Waals surface area (Å²) in [4.78, 5) is 28.9. The molecule has 0 saturated heterocycles. The Morgan fingerprint density at radius 2 is 2.07 bits per heavy atom. The van der Waals surface area contributed by atoms with Gasteiger partial charge in [0.05, 0.1) is 6.42 Å². The van der Waals surface area contributed by atoms with Gasteiger partial charge in [-0.2, -0.15) is 0 Å². The number of hydrogen-bond donors (Lipinski definition) is 1. The quantitative estimate of drug-likeness (QED) is 0.824. The van der Waals surface area contributed by atoms with Crippen molar-refractivity contribution >= 4 is 23.2 Å². The first-order valence-electron chi connectivity index (χ1n) is 9.67. The van der Waals surface area contributed by atoms with Gasteiger partial charge in [0.2, 0.25) is 11.8 Å². The number of amides is 2. The first-order valence-corrected chi connectivity index (χ1v) is 10.6. The van der Waals surface area contributed by atoms with Crippen molar-refractivity contribution in [2.75, 3.05) is 6.54 Å². The number of nitrogens with zero attached hydrogens (tertiary/aromatic N) is 1. The Morgan fingerprint density at radius 1 is 1.26 bits per heavy atom. The molecule has 144 valence electrons. The lowest BCUT2D eigenvalue weighted by atomic mass is 10.0. The topological polar surface area (TPSA) is 49.4 Å². The lowest BCUT2D eigenvalue weighted by Gasteiger charge is -2.31. The molecule has 0 saturated carbocycles. The van der Waals surface area contributed by atoms with Crippen LogP contribution in [-0.2, 0) is 29.0 Å². The second-order valence-corrected chi connectivity index (χ2v) is 8.39. The van der Waals surface area contributed by atoms with E-state index in [4.69, 9.17) is 0 Å². The fourth-order valence-corrected chi connectivity index (χ4v) is 4.50. The minimum absolute atomic E-state index is 0.0445. The van der Waals surface area contributed by atoms with Crippen molar-refractivity contribution in [2.24, 2.45) is 0 Å². The molecule has 3 rings (SSSR count). The minimum Gasteiger partial charge on any atom is -0.344 e. The van der Waals surface area contributed by atoms with Gasteiger partial charge in [0.25, 0.3) is 0 Å². The minimum atomic E-state index is -0.437. The van der Waals surface area contributed by atoms with Gasteiger partial charge in [-0.1, -0.05) is 37.1 Å². The SMILES string of the molecule is CCCC(NC(=O)Cc1cc(C)ccc1C)C(=O)N1CCc2sccc2C1.